The Labute approximate surface area is 182 Å². The van der Waals surface area contributed by atoms with Crippen LogP contribution in [0.2, 0.25) is 0 Å². The van der Waals surface area contributed by atoms with Crippen LogP contribution in [0.5, 0.6) is 11.5 Å². The van der Waals surface area contributed by atoms with Gasteiger partial charge in [0.05, 0.1) is 11.5 Å². The van der Waals surface area contributed by atoms with E-state index in [4.69, 9.17) is 4.74 Å². The van der Waals surface area contributed by atoms with Gasteiger partial charge in [0, 0.05) is 24.8 Å². The highest BCUT2D eigenvalue weighted by Crippen LogP contribution is 2.23. The lowest BCUT2D eigenvalue weighted by Gasteiger charge is -2.28. The number of para-hydroxylation sites is 1. The first-order valence-electron chi connectivity index (χ1n) is 10.0. The fourth-order valence-corrected chi connectivity index (χ4v) is 5.06. The van der Waals surface area contributed by atoms with Crippen molar-refractivity contribution in [1.82, 2.24) is 9.80 Å². The molecule has 9 heteroatoms. The molecule has 166 valence electrons. The van der Waals surface area contributed by atoms with E-state index < -0.39 is 27.7 Å². The van der Waals surface area contributed by atoms with E-state index in [2.05, 4.69) is 5.32 Å². The zero-order valence-corrected chi connectivity index (χ0v) is 18.5. The van der Waals surface area contributed by atoms with Crippen molar-refractivity contribution in [2.75, 3.05) is 44.0 Å². The maximum atomic E-state index is 12.8. The van der Waals surface area contributed by atoms with Gasteiger partial charge in [0.1, 0.15) is 11.5 Å². The summed E-state index contributed by atoms with van der Waals surface area (Å²) in [5, 5.41) is 2.60. The number of ether oxygens (including phenoxy) is 1. The van der Waals surface area contributed by atoms with Gasteiger partial charge >= 0.3 is 11.8 Å². The van der Waals surface area contributed by atoms with Gasteiger partial charge < -0.3 is 19.9 Å². The monoisotopic (exact) mass is 445 g/mol. The van der Waals surface area contributed by atoms with E-state index in [9.17, 15) is 18.0 Å². The second-order valence-corrected chi connectivity index (χ2v) is 9.98. The van der Waals surface area contributed by atoms with Crippen LogP contribution in [0.15, 0.2) is 54.6 Å². The number of hydrogen-bond acceptors (Lipinski definition) is 6. The predicted octanol–water partition coefficient (Wildman–Crippen LogP) is 1.99. The van der Waals surface area contributed by atoms with E-state index >= 15 is 0 Å². The molecule has 1 heterocycles. The lowest BCUT2D eigenvalue weighted by Crippen LogP contribution is -2.48. The predicted molar refractivity (Wildman–Crippen MR) is 119 cm³/mol. The summed E-state index contributed by atoms with van der Waals surface area (Å²) in [6, 6.07) is 15.5. The Kier molecular flexibility index (Phi) is 7.29. The van der Waals surface area contributed by atoms with Gasteiger partial charge in [-0.2, -0.15) is 0 Å². The molecule has 2 aromatic carbocycles. The largest absolute Gasteiger partial charge is 0.457 e. The van der Waals surface area contributed by atoms with Crippen LogP contribution < -0.4 is 10.1 Å². The van der Waals surface area contributed by atoms with E-state index in [1.54, 1.807) is 24.3 Å². The molecule has 0 aliphatic carbocycles. The van der Waals surface area contributed by atoms with Crippen molar-refractivity contribution in [3.05, 3.63) is 54.6 Å². The molecule has 31 heavy (non-hydrogen) atoms. The zero-order chi connectivity index (χ0) is 22.4. The molecule has 1 fully saturated rings. The fraction of sp³-hybridized carbons (Fsp3) is 0.364. The Morgan fingerprint density at radius 2 is 1.65 bits per heavy atom. The van der Waals surface area contributed by atoms with Crippen LogP contribution in [-0.2, 0) is 19.4 Å². The van der Waals surface area contributed by atoms with E-state index in [0.29, 0.717) is 30.2 Å². The number of carbonyl (C=O) groups is 2. The van der Waals surface area contributed by atoms with Gasteiger partial charge in [0.15, 0.2) is 9.84 Å². The van der Waals surface area contributed by atoms with Crippen molar-refractivity contribution < 1.29 is 22.7 Å². The van der Waals surface area contributed by atoms with Crippen LogP contribution in [0.4, 0.5) is 5.69 Å². The number of nitrogens with zero attached hydrogens (tertiary/aromatic N) is 2. The molecule has 1 unspecified atom stereocenters. The lowest BCUT2D eigenvalue weighted by atomic mass is 10.2. The van der Waals surface area contributed by atoms with Gasteiger partial charge in [-0.1, -0.05) is 18.2 Å². The van der Waals surface area contributed by atoms with Crippen molar-refractivity contribution in [3.8, 4) is 11.5 Å². The second-order valence-electron chi connectivity index (χ2n) is 7.75. The summed E-state index contributed by atoms with van der Waals surface area (Å²) >= 11 is 0. The molecule has 1 saturated heterocycles. The van der Waals surface area contributed by atoms with Crippen LogP contribution in [-0.4, -0.2) is 74.8 Å². The van der Waals surface area contributed by atoms with Crippen molar-refractivity contribution in [1.29, 1.82) is 0 Å². The molecule has 1 N–H and O–H groups in total. The number of carbonyl (C=O) groups excluding carboxylic acids is 2. The maximum absolute atomic E-state index is 12.8. The second kappa shape index (κ2) is 9.93. The van der Waals surface area contributed by atoms with Crippen LogP contribution in [0.25, 0.3) is 0 Å². The summed E-state index contributed by atoms with van der Waals surface area (Å²) in [7, 11) is 0.528. The number of nitrogens with one attached hydrogen (secondary N) is 1. The van der Waals surface area contributed by atoms with Crippen LogP contribution >= 0.6 is 0 Å². The number of amides is 2. The van der Waals surface area contributed by atoms with E-state index in [1.807, 2.05) is 49.3 Å². The molecule has 8 nitrogen and oxygen atoms in total. The molecule has 1 atom stereocenters. The van der Waals surface area contributed by atoms with Gasteiger partial charge in [-0.05, 0) is 56.9 Å². The Morgan fingerprint density at radius 1 is 1.00 bits per heavy atom. The van der Waals surface area contributed by atoms with Crippen LogP contribution in [0.1, 0.15) is 6.42 Å². The first kappa shape index (κ1) is 22.8. The number of rotatable bonds is 7. The minimum atomic E-state index is -3.18. The normalized spacial score (nSPS) is 17.3. The van der Waals surface area contributed by atoms with Crippen molar-refractivity contribution >= 4 is 27.3 Å². The van der Waals surface area contributed by atoms with Crippen molar-refractivity contribution in [2.24, 2.45) is 0 Å². The van der Waals surface area contributed by atoms with Crippen LogP contribution in [0, 0.1) is 0 Å². The molecule has 0 radical (unpaired) electrons. The van der Waals surface area contributed by atoms with Crippen molar-refractivity contribution in [3.63, 3.8) is 0 Å². The molecule has 1 aliphatic heterocycles. The van der Waals surface area contributed by atoms with E-state index in [0.717, 1.165) is 0 Å². The number of benzene rings is 2. The third kappa shape index (κ3) is 6.53. The summed E-state index contributed by atoms with van der Waals surface area (Å²) in [5.41, 5.74) is 0.449. The highest BCUT2D eigenvalue weighted by molar-refractivity contribution is 7.91. The minimum absolute atomic E-state index is 0.0356. The average Bonchev–Trinajstić information content (AvgIpc) is 3.09. The van der Waals surface area contributed by atoms with Gasteiger partial charge in [-0.25, -0.2) is 8.42 Å². The Hall–Kier alpha value is -2.91. The third-order valence-corrected chi connectivity index (χ3v) is 6.73. The summed E-state index contributed by atoms with van der Waals surface area (Å²) in [6.07, 6.45) is 0.348. The molecule has 1 aliphatic rings. The van der Waals surface area contributed by atoms with E-state index in [-0.39, 0.29) is 18.1 Å². The Balaban J connectivity index is 1.64. The first-order valence-corrected chi connectivity index (χ1v) is 11.9. The SMILES string of the molecule is CN(C)CCN(C(=O)C(=O)Nc1ccc(Oc2ccccc2)cc1)C1CCS(=O)(=O)C1. The Morgan fingerprint density at radius 3 is 2.23 bits per heavy atom. The van der Waals surface area contributed by atoms with Gasteiger partial charge in [0.2, 0.25) is 0 Å². The summed E-state index contributed by atoms with van der Waals surface area (Å²) in [6.45, 7) is 0.810. The summed E-state index contributed by atoms with van der Waals surface area (Å²) in [5.74, 6) is -0.302. The number of likely N-dealkylation sites (N-methyl/N-ethyl adjacent to an activating group) is 1. The average molecular weight is 446 g/mol. The molecule has 0 saturated carbocycles. The molecule has 0 aromatic heterocycles. The quantitative estimate of drug-likeness (QED) is 0.655. The highest BCUT2D eigenvalue weighted by Gasteiger charge is 2.36. The first-order chi connectivity index (χ1) is 14.7. The zero-order valence-electron chi connectivity index (χ0n) is 17.7. The number of sulfone groups is 1. The molecule has 0 spiro atoms. The highest BCUT2D eigenvalue weighted by atomic mass is 32.2. The van der Waals surface area contributed by atoms with Gasteiger partial charge in [-0.15, -0.1) is 0 Å². The summed E-state index contributed by atoms with van der Waals surface area (Å²) < 4.78 is 29.5. The standard InChI is InChI=1S/C22H27N3O5S/c1-24(2)13-14-25(18-12-15-31(28,29)16-18)22(27)21(26)23-17-8-10-20(11-9-17)30-19-6-4-3-5-7-19/h3-11,18H,12-16H2,1-2H3,(H,23,26). The lowest BCUT2D eigenvalue weighted by molar-refractivity contribution is -0.144. The minimum Gasteiger partial charge on any atom is -0.457 e. The van der Waals surface area contributed by atoms with Crippen LogP contribution in [0.3, 0.4) is 0 Å². The number of anilines is 1. The topological polar surface area (TPSA) is 96.0 Å². The van der Waals surface area contributed by atoms with Crippen molar-refractivity contribution in [2.45, 2.75) is 12.5 Å². The molecule has 3 rings (SSSR count). The third-order valence-electron chi connectivity index (χ3n) is 4.98. The Bertz CT molecular complexity index is 1010. The molecular weight excluding hydrogens is 418 g/mol. The maximum Gasteiger partial charge on any atom is 0.313 e. The number of hydrogen-bond donors (Lipinski definition) is 1. The molecule has 2 amide bonds. The molecular formula is C22H27N3O5S. The van der Waals surface area contributed by atoms with Gasteiger partial charge in [0.25, 0.3) is 0 Å². The van der Waals surface area contributed by atoms with Gasteiger partial charge in [-0.3, -0.25) is 9.59 Å². The molecule has 2 aromatic rings. The summed E-state index contributed by atoms with van der Waals surface area (Å²) in [4.78, 5) is 28.7. The fourth-order valence-electron chi connectivity index (χ4n) is 3.32. The van der Waals surface area contributed by atoms with E-state index in [1.165, 1.54) is 4.90 Å². The smallest absolute Gasteiger partial charge is 0.313 e. The molecule has 0 bridgehead atoms.